The second kappa shape index (κ2) is 10.5. The Morgan fingerprint density at radius 2 is 1.82 bits per heavy atom. The molecule has 4 heteroatoms. The molecule has 2 nitrogen and oxygen atoms in total. The molecule has 2 aromatic carbocycles. The summed E-state index contributed by atoms with van der Waals surface area (Å²) in [4.78, 5) is 1.32. The van der Waals surface area contributed by atoms with Crippen molar-refractivity contribution in [3.8, 4) is 5.75 Å². The van der Waals surface area contributed by atoms with Crippen molar-refractivity contribution in [1.29, 1.82) is 0 Å². The number of ether oxygens (including phenoxy) is 1. The van der Waals surface area contributed by atoms with E-state index in [1.54, 1.807) is 7.11 Å². The maximum atomic E-state index is 5.16. The highest BCUT2D eigenvalue weighted by molar-refractivity contribution is 8.93. The van der Waals surface area contributed by atoms with Gasteiger partial charge in [0, 0.05) is 23.7 Å². The molecule has 0 spiro atoms. The summed E-state index contributed by atoms with van der Waals surface area (Å²) in [6.07, 6.45) is 1.94. The maximum Gasteiger partial charge on any atom is 0.118 e. The third-order valence-electron chi connectivity index (χ3n) is 3.13. The van der Waals surface area contributed by atoms with Crippen molar-refractivity contribution in [2.24, 2.45) is 0 Å². The van der Waals surface area contributed by atoms with Crippen molar-refractivity contribution < 1.29 is 4.74 Å². The van der Waals surface area contributed by atoms with Gasteiger partial charge in [0.1, 0.15) is 5.75 Å². The predicted molar refractivity (Wildman–Crippen MR) is 101 cm³/mol. The van der Waals surface area contributed by atoms with E-state index in [1.807, 2.05) is 30.0 Å². The number of nitrogens with one attached hydrogen (secondary N) is 1. The SMILES string of the molecule is Br.C=CCSc1ccccc1CNCc1ccc(OC)cc1. The van der Waals surface area contributed by atoms with Gasteiger partial charge in [-0.05, 0) is 29.3 Å². The second-order valence-electron chi connectivity index (χ2n) is 4.66. The number of hydrogen-bond donors (Lipinski definition) is 1. The van der Waals surface area contributed by atoms with Crippen LogP contribution in [0.4, 0.5) is 0 Å². The first-order chi connectivity index (χ1) is 10.3. The van der Waals surface area contributed by atoms with Gasteiger partial charge in [-0.15, -0.1) is 35.3 Å². The average molecular weight is 380 g/mol. The summed E-state index contributed by atoms with van der Waals surface area (Å²) in [5.74, 6) is 1.83. The van der Waals surface area contributed by atoms with E-state index < -0.39 is 0 Å². The number of hydrogen-bond acceptors (Lipinski definition) is 3. The zero-order valence-corrected chi connectivity index (χ0v) is 15.3. The summed E-state index contributed by atoms with van der Waals surface area (Å²) >= 11 is 1.82. The van der Waals surface area contributed by atoms with Gasteiger partial charge >= 0.3 is 0 Å². The highest BCUT2D eigenvalue weighted by atomic mass is 79.9. The zero-order valence-electron chi connectivity index (χ0n) is 12.7. The summed E-state index contributed by atoms with van der Waals surface area (Å²) in [6.45, 7) is 5.49. The van der Waals surface area contributed by atoms with E-state index in [-0.39, 0.29) is 17.0 Å². The zero-order chi connectivity index (χ0) is 14.9. The van der Waals surface area contributed by atoms with Crippen LogP contribution in [0.5, 0.6) is 5.75 Å². The normalized spacial score (nSPS) is 9.86. The number of halogens is 1. The van der Waals surface area contributed by atoms with E-state index in [4.69, 9.17) is 4.74 Å². The first-order valence-corrected chi connectivity index (χ1v) is 7.97. The van der Waals surface area contributed by atoms with Crippen molar-refractivity contribution in [2.45, 2.75) is 18.0 Å². The Labute approximate surface area is 147 Å². The highest BCUT2D eigenvalue weighted by Gasteiger charge is 2.01. The largest absolute Gasteiger partial charge is 0.497 e. The number of thioether (sulfide) groups is 1. The summed E-state index contributed by atoms with van der Waals surface area (Å²) in [6, 6.07) is 16.7. The van der Waals surface area contributed by atoms with Crippen LogP contribution in [0.3, 0.4) is 0 Å². The predicted octanol–water partition coefficient (Wildman–Crippen LogP) is 4.84. The monoisotopic (exact) mass is 379 g/mol. The van der Waals surface area contributed by atoms with Gasteiger partial charge in [-0.1, -0.05) is 36.4 Å². The van der Waals surface area contributed by atoms with Crippen LogP contribution in [-0.2, 0) is 13.1 Å². The van der Waals surface area contributed by atoms with Crippen molar-refractivity contribution in [3.63, 3.8) is 0 Å². The van der Waals surface area contributed by atoms with Gasteiger partial charge in [0.05, 0.1) is 7.11 Å². The molecule has 0 unspecified atom stereocenters. The van der Waals surface area contributed by atoms with Crippen LogP contribution < -0.4 is 10.1 Å². The van der Waals surface area contributed by atoms with Crippen molar-refractivity contribution in [1.82, 2.24) is 5.32 Å². The Hall–Kier alpha value is -1.23. The Morgan fingerprint density at radius 3 is 2.50 bits per heavy atom. The fourth-order valence-electron chi connectivity index (χ4n) is 2.02. The summed E-state index contributed by atoms with van der Waals surface area (Å²) < 4.78 is 5.16. The second-order valence-corrected chi connectivity index (χ2v) is 5.72. The minimum absolute atomic E-state index is 0. The third kappa shape index (κ3) is 5.87. The van der Waals surface area contributed by atoms with Crippen LogP contribution in [0, 0.1) is 0 Å². The Kier molecular flexibility index (Phi) is 8.97. The first kappa shape index (κ1) is 18.8. The lowest BCUT2D eigenvalue weighted by atomic mass is 10.2. The molecule has 0 saturated heterocycles. The molecule has 0 aliphatic carbocycles. The molecule has 2 aromatic rings. The van der Waals surface area contributed by atoms with E-state index in [0.29, 0.717) is 0 Å². The van der Waals surface area contributed by atoms with Gasteiger partial charge in [0.2, 0.25) is 0 Å². The lowest BCUT2D eigenvalue weighted by molar-refractivity contribution is 0.414. The lowest BCUT2D eigenvalue weighted by Gasteiger charge is -2.10. The Bertz CT molecular complexity index is 572. The maximum absolute atomic E-state index is 5.16. The van der Waals surface area contributed by atoms with Gasteiger partial charge in [-0.25, -0.2) is 0 Å². The summed E-state index contributed by atoms with van der Waals surface area (Å²) in [5.41, 5.74) is 2.59. The fourth-order valence-corrected chi connectivity index (χ4v) is 2.82. The third-order valence-corrected chi connectivity index (χ3v) is 4.24. The smallest absolute Gasteiger partial charge is 0.118 e. The van der Waals surface area contributed by atoms with E-state index >= 15 is 0 Å². The van der Waals surface area contributed by atoms with Crippen LogP contribution in [0.2, 0.25) is 0 Å². The van der Waals surface area contributed by atoms with Crippen LogP contribution in [-0.4, -0.2) is 12.9 Å². The summed E-state index contributed by atoms with van der Waals surface area (Å²) in [7, 11) is 1.69. The molecule has 118 valence electrons. The molecular formula is C18H22BrNOS. The highest BCUT2D eigenvalue weighted by Crippen LogP contribution is 2.22. The number of benzene rings is 2. The molecule has 2 rings (SSSR count). The van der Waals surface area contributed by atoms with Crippen LogP contribution in [0.15, 0.2) is 66.1 Å². The molecular weight excluding hydrogens is 358 g/mol. The van der Waals surface area contributed by atoms with Crippen molar-refractivity contribution in [2.75, 3.05) is 12.9 Å². The quantitative estimate of drug-likeness (QED) is 0.523. The van der Waals surface area contributed by atoms with Crippen LogP contribution >= 0.6 is 28.7 Å². The molecule has 1 N–H and O–H groups in total. The molecule has 0 heterocycles. The molecule has 0 bridgehead atoms. The van der Waals surface area contributed by atoms with Gasteiger partial charge < -0.3 is 10.1 Å². The minimum atomic E-state index is 0. The first-order valence-electron chi connectivity index (χ1n) is 6.98. The molecule has 0 radical (unpaired) electrons. The lowest BCUT2D eigenvalue weighted by Crippen LogP contribution is -2.13. The summed E-state index contributed by atoms with van der Waals surface area (Å²) in [5, 5.41) is 3.49. The van der Waals surface area contributed by atoms with Gasteiger partial charge in [0.15, 0.2) is 0 Å². The van der Waals surface area contributed by atoms with Crippen LogP contribution in [0.1, 0.15) is 11.1 Å². The topological polar surface area (TPSA) is 21.3 Å². The fraction of sp³-hybridized carbons (Fsp3) is 0.222. The van der Waals surface area contributed by atoms with Crippen molar-refractivity contribution >= 4 is 28.7 Å². The van der Waals surface area contributed by atoms with E-state index in [1.165, 1.54) is 16.0 Å². The van der Waals surface area contributed by atoms with Gasteiger partial charge in [-0.2, -0.15) is 0 Å². The molecule has 0 atom stereocenters. The Morgan fingerprint density at radius 1 is 1.09 bits per heavy atom. The number of methoxy groups -OCH3 is 1. The molecule has 0 amide bonds. The van der Waals surface area contributed by atoms with Gasteiger partial charge in [0.25, 0.3) is 0 Å². The van der Waals surface area contributed by atoms with E-state index in [2.05, 4.69) is 48.3 Å². The van der Waals surface area contributed by atoms with E-state index in [9.17, 15) is 0 Å². The molecule has 0 fully saturated rings. The number of rotatable bonds is 8. The molecule has 22 heavy (non-hydrogen) atoms. The molecule has 0 saturated carbocycles. The van der Waals surface area contributed by atoms with Crippen molar-refractivity contribution in [3.05, 3.63) is 72.3 Å². The Balaban J connectivity index is 0.00000242. The van der Waals surface area contributed by atoms with Crippen LogP contribution in [0.25, 0.3) is 0 Å². The van der Waals surface area contributed by atoms with E-state index in [0.717, 1.165) is 24.6 Å². The average Bonchev–Trinajstić information content (AvgIpc) is 2.54. The molecule has 0 aromatic heterocycles. The van der Waals surface area contributed by atoms with Gasteiger partial charge in [-0.3, -0.25) is 0 Å². The molecule has 0 aliphatic heterocycles. The minimum Gasteiger partial charge on any atom is -0.497 e. The standard InChI is InChI=1S/C18H21NOS.BrH/c1-3-12-21-18-7-5-4-6-16(18)14-19-13-15-8-10-17(20-2)11-9-15;/h3-11,19H,1,12-14H2,2H3;1H. The molecule has 0 aliphatic rings.